The summed E-state index contributed by atoms with van der Waals surface area (Å²) in [5.41, 5.74) is 3.35. The van der Waals surface area contributed by atoms with Crippen LogP contribution in [0.4, 0.5) is 5.69 Å². The van der Waals surface area contributed by atoms with Gasteiger partial charge in [0.1, 0.15) is 5.15 Å². The molecule has 2 rings (SSSR count). The third kappa shape index (κ3) is 4.58. The molecule has 0 fully saturated rings. The van der Waals surface area contributed by atoms with Gasteiger partial charge in [0.2, 0.25) is 0 Å². The Morgan fingerprint density at radius 1 is 1.17 bits per heavy atom. The number of nitrogens with one attached hydrogen (secondary N) is 2. The number of hydrogen-bond donors (Lipinski definition) is 2. The fourth-order valence-electron chi connectivity index (χ4n) is 2.28. The second-order valence-electron chi connectivity index (χ2n) is 5.68. The van der Waals surface area contributed by atoms with Crippen LogP contribution in [0.25, 0.3) is 0 Å². The smallest absolute Gasteiger partial charge is 0.191 e. The highest BCUT2D eigenvalue weighted by Gasteiger charge is 2.09. The van der Waals surface area contributed by atoms with Crippen LogP contribution in [-0.2, 0) is 20.1 Å². The van der Waals surface area contributed by atoms with Gasteiger partial charge in [-0.3, -0.25) is 4.99 Å². The fraction of sp³-hybridized carbons (Fsp3) is 0.353. The van der Waals surface area contributed by atoms with E-state index in [1.165, 1.54) is 11.3 Å². The minimum absolute atomic E-state index is 0.539. The van der Waals surface area contributed by atoms with Crippen molar-refractivity contribution < 1.29 is 0 Å². The van der Waals surface area contributed by atoms with Gasteiger partial charge in [-0.2, -0.15) is 0 Å². The molecule has 0 amide bonds. The lowest BCUT2D eigenvalue weighted by molar-refractivity contribution is 0.750. The molecule has 0 aliphatic carbocycles. The number of anilines is 1. The van der Waals surface area contributed by atoms with Gasteiger partial charge in [-0.05, 0) is 23.8 Å². The van der Waals surface area contributed by atoms with E-state index in [-0.39, 0.29) is 0 Å². The van der Waals surface area contributed by atoms with Gasteiger partial charge in [-0.1, -0.05) is 35.3 Å². The molecule has 24 heavy (non-hydrogen) atoms. The maximum Gasteiger partial charge on any atom is 0.191 e. The van der Waals surface area contributed by atoms with Crippen molar-refractivity contribution in [1.29, 1.82) is 0 Å². The molecule has 1 aromatic heterocycles. The third-order valence-electron chi connectivity index (χ3n) is 3.76. The molecule has 0 radical (unpaired) electrons. The summed E-state index contributed by atoms with van der Waals surface area (Å²) in [7, 11) is 7.69. The summed E-state index contributed by atoms with van der Waals surface area (Å²) in [6.07, 6.45) is 0. The second-order valence-corrected chi connectivity index (χ2v) is 6.44. The number of aliphatic imine (C=N–C) groups is 1. The molecule has 0 saturated carbocycles. The third-order valence-corrected chi connectivity index (χ3v) is 4.61. The van der Waals surface area contributed by atoms with E-state index in [9.17, 15) is 0 Å². The number of rotatable bonds is 5. The van der Waals surface area contributed by atoms with Crippen molar-refractivity contribution in [3.63, 3.8) is 0 Å². The number of nitrogens with zero attached hydrogens (tertiary/aromatic N) is 3. The molecule has 2 N–H and O–H groups in total. The molecule has 0 atom stereocenters. The highest BCUT2D eigenvalue weighted by atomic mass is 35.5. The molecule has 130 valence electrons. The molecular formula is C17H23Cl2N5. The van der Waals surface area contributed by atoms with Gasteiger partial charge in [0.15, 0.2) is 5.96 Å². The first kappa shape index (κ1) is 18.5. The Balaban J connectivity index is 1.93. The van der Waals surface area contributed by atoms with E-state index < -0.39 is 0 Å². The standard InChI is InChI=1S/C17H23Cl2N5/c1-20-17(22-11-14-9-15(18)16(19)24(14)4)21-10-12-6-5-7-13(8-12)23(2)3/h5-9H,10-11H2,1-4H3,(H2,20,21,22). The molecule has 0 unspecified atom stereocenters. The van der Waals surface area contributed by atoms with E-state index in [0.717, 1.165) is 11.7 Å². The van der Waals surface area contributed by atoms with Gasteiger partial charge >= 0.3 is 0 Å². The average molecular weight is 368 g/mol. The normalized spacial score (nSPS) is 11.5. The number of hydrogen-bond acceptors (Lipinski definition) is 2. The molecule has 0 saturated heterocycles. The monoisotopic (exact) mass is 367 g/mol. The summed E-state index contributed by atoms with van der Waals surface area (Å²) in [5.74, 6) is 0.721. The van der Waals surface area contributed by atoms with Crippen LogP contribution in [0.3, 0.4) is 0 Å². The predicted molar refractivity (Wildman–Crippen MR) is 103 cm³/mol. The van der Waals surface area contributed by atoms with E-state index in [2.05, 4.69) is 44.8 Å². The van der Waals surface area contributed by atoms with Crippen LogP contribution >= 0.6 is 23.2 Å². The number of guanidine groups is 1. The topological polar surface area (TPSA) is 44.6 Å². The van der Waals surface area contributed by atoms with E-state index in [1.54, 1.807) is 7.05 Å². The van der Waals surface area contributed by atoms with Crippen LogP contribution in [0, 0.1) is 0 Å². The van der Waals surface area contributed by atoms with Crippen molar-refractivity contribution in [2.45, 2.75) is 13.1 Å². The van der Waals surface area contributed by atoms with Crippen molar-refractivity contribution >= 4 is 34.8 Å². The van der Waals surface area contributed by atoms with Crippen LogP contribution in [0.15, 0.2) is 35.3 Å². The molecule has 7 heteroatoms. The Labute approximate surface area is 153 Å². The highest BCUT2D eigenvalue weighted by molar-refractivity contribution is 6.41. The van der Waals surface area contributed by atoms with Crippen molar-refractivity contribution in [3.05, 3.63) is 51.8 Å². The zero-order valence-electron chi connectivity index (χ0n) is 14.4. The summed E-state index contributed by atoms with van der Waals surface area (Å²) >= 11 is 12.1. The van der Waals surface area contributed by atoms with E-state index in [1.807, 2.05) is 31.8 Å². The van der Waals surface area contributed by atoms with Gasteiger partial charge in [-0.25, -0.2) is 0 Å². The molecule has 0 bridgehead atoms. The van der Waals surface area contributed by atoms with Crippen LogP contribution < -0.4 is 15.5 Å². The number of benzene rings is 1. The zero-order chi connectivity index (χ0) is 17.7. The van der Waals surface area contributed by atoms with E-state index in [0.29, 0.717) is 23.3 Å². The molecule has 1 heterocycles. The van der Waals surface area contributed by atoms with Crippen molar-refractivity contribution in [2.75, 3.05) is 26.0 Å². The lowest BCUT2D eigenvalue weighted by Gasteiger charge is -2.15. The van der Waals surface area contributed by atoms with Gasteiger partial charge in [-0.15, -0.1) is 0 Å². The first-order valence-electron chi connectivity index (χ1n) is 7.62. The van der Waals surface area contributed by atoms with Crippen LogP contribution in [0.5, 0.6) is 0 Å². The molecule has 0 aliphatic heterocycles. The Hall–Kier alpha value is -1.85. The Bertz CT molecular complexity index is 722. The lowest BCUT2D eigenvalue weighted by Crippen LogP contribution is -2.36. The van der Waals surface area contributed by atoms with Crippen molar-refractivity contribution in [2.24, 2.45) is 12.0 Å². The second kappa shape index (κ2) is 8.31. The maximum atomic E-state index is 6.08. The number of halogens is 2. The largest absolute Gasteiger partial charge is 0.378 e. The lowest BCUT2D eigenvalue weighted by atomic mass is 10.2. The van der Waals surface area contributed by atoms with E-state index in [4.69, 9.17) is 23.2 Å². The molecule has 0 aliphatic rings. The average Bonchev–Trinajstić information content (AvgIpc) is 2.82. The molecule has 1 aromatic carbocycles. The summed E-state index contributed by atoms with van der Waals surface area (Å²) in [5, 5.41) is 7.67. The highest BCUT2D eigenvalue weighted by Crippen LogP contribution is 2.24. The van der Waals surface area contributed by atoms with Gasteiger partial charge in [0.05, 0.1) is 11.6 Å². The van der Waals surface area contributed by atoms with Gasteiger partial charge in [0.25, 0.3) is 0 Å². The van der Waals surface area contributed by atoms with Crippen molar-refractivity contribution in [3.8, 4) is 0 Å². The number of aromatic nitrogens is 1. The Kier molecular flexibility index (Phi) is 6.40. The molecule has 2 aromatic rings. The van der Waals surface area contributed by atoms with E-state index >= 15 is 0 Å². The molecule has 0 spiro atoms. The SMILES string of the molecule is CN=C(NCc1cccc(N(C)C)c1)NCc1cc(Cl)c(Cl)n1C. The fourth-order valence-corrected chi connectivity index (χ4v) is 2.70. The summed E-state index contributed by atoms with van der Waals surface area (Å²) in [6, 6.07) is 10.2. The van der Waals surface area contributed by atoms with Crippen LogP contribution in [0.1, 0.15) is 11.3 Å². The Morgan fingerprint density at radius 3 is 2.46 bits per heavy atom. The molecular weight excluding hydrogens is 345 g/mol. The quantitative estimate of drug-likeness (QED) is 0.629. The first-order chi connectivity index (χ1) is 11.4. The van der Waals surface area contributed by atoms with Crippen LogP contribution in [0.2, 0.25) is 10.2 Å². The summed E-state index contributed by atoms with van der Waals surface area (Å²) in [6.45, 7) is 1.27. The first-order valence-corrected chi connectivity index (χ1v) is 8.38. The van der Waals surface area contributed by atoms with Crippen molar-refractivity contribution in [1.82, 2.24) is 15.2 Å². The predicted octanol–water partition coefficient (Wildman–Crippen LogP) is 3.26. The Morgan fingerprint density at radius 2 is 1.88 bits per heavy atom. The van der Waals surface area contributed by atoms with Gasteiger partial charge < -0.3 is 20.1 Å². The minimum Gasteiger partial charge on any atom is -0.378 e. The van der Waals surface area contributed by atoms with Crippen LogP contribution in [-0.4, -0.2) is 31.7 Å². The summed E-state index contributed by atoms with van der Waals surface area (Å²) < 4.78 is 1.85. The molecule has 5 nitrogen and oxygen atoms in total. The minimum atomic E-state index is 0.539. The van der Waals surface area contributed by atoms with Gasteiger partial charge in [0, 0.05) is 46.1 Å². The maximum absolute atomic E-state index is 6.08. The summed E-state index contributed by atoms with van der Waals surface area (Å²) in [4.78, 5) is 6.33. The zero-order valence-corrected chi connectivity index (χ0v) is 15.9.